The molecule has 110 valence electrons. The quantitative estimate of drug-likeness (QED) is 0.823. The largest absolute Gasteiger partial charge is 0.342 e. The van der Waals surface area contributed by atoms with Crippen molar-refractivity contribution in [3.63, 3.8) is 0 Å². The zero-order valence-electron chi connectivity index (χ0n) is 12.1. The second-order valence-corrected chi connectivity index (χ2v) is 5.99. The Bertz CT molecular complexity index is 269. The molecule has 1 amide bonds. The van der Waals surface area contributed by atoms with E-state index in [1.54, 1.807) is 0 Å². The van der Waals surface area contributed by atoms with E-state index in [2.05, 4.69) is 9.80 Å². The van der Waals surface area contributed by atoms with Crippen molar-refractivity contribution < 1.29 is 4.79 Å². The summed E-state index contributed by atoms with van der Waals surface area (Å²) in [5, 5.41) is 0. The van der Waals surface area contributed by atoms with E-state index in [-0.39, 0.29) is 0 Å². The van der Waals surface area contributed by atoms with Gasteiger partial charge in [0.15, 0.2) is 0 Å². The predicted octanol–water partition coefficient (Wildman–Crippen LogP) is 1.59. The van der Waals surface area contributed by atoms with Gasteiger partial charge in [-0.2, -0.15) is 0 Å². The van der Waals surface area contributed by atoms with E-state index in [1.165, 1.54) is 51.4 Å². The second kappa shape index (κ2) is 7.85. The third-order valence-corrected chi connectivity index (χ3v) is 4.55. The zero-order chi connectivity index (χ0) is 13.5. The van der Waals surface area contributed by atoms with Crippen molar-refractivity contribution in [3.8, 4) is 0 Å². The summed E-state index contributed by atoms with van der Waals surface area (Å²) in [5.74, 6) is 0.322. The third-order valence-electron chi connectivity index (χ3n) is 4.55. The van der Waals surface area contributed by atoms with Crippen LogP contribution in [0.4, 0.5) is 0 Å². The molecule has 2 aliphatic rings. The normalized spacial score (nSPS) is 21.9. The van der Waals surface area contributed by atoms with Crippen LogP contribution in [0.25, 0.3) is 0 Å². The van der Waals surface area contributed by atoms with Crippen molar-refractivity contribution in [3.05, 3.63) is 0 Å². The van der Waals surface area contributed by atoms with Gasteiger partial charge in [-0.15, -0.1) is 0 Å². The molecule has 2 fully saturated rings. The summed E-state index contributed by atoms with van der Waals surface area (Å²) < 4.78 is 0. The molecule has 0 spiro atoms. The standard InChI is InChI=1S/C15H29N3O/c16-9-12-18(14-7-3-4-8-14)13-15(19)17-10-5-1-2-6-11-17/h14H,1-13,16H2. The van der Waals surface area contributed by atoms with E-state index < -0.39 is 0 Å². The van der Waals surface area contributed by atoms with Crippen molar-refractivity contribution in [1.82, 2.24) is 9.80 Å². The minimum atomic E-state index is 0.322. The summed E-state index contributed by atoms with van der Waals surface area (Å²) >= 11 is 0. The lowest BCUT2D eigenvalue weighted by molar-refractivity contribution is -0.132. The molecule has 0 bridgehead atoms. The number of amides is 1. The van der Waals surface area contributed by atoms with Gasteiger partial charge >= 0.3 is 0 Å². The highest BCUT2D eigenvalue weighted by Crippen LogP contribution is 2.23. The predicted molar refractivity (Wildman–Crippen MR) is 77.9 cm³/mol. The fourth-order valence-corrected chi connectivity index (χ4v) is 3.42. The molecule has 1 aliphatic heterocycles. The van der Waals surface area contributed by atoms with Crippen molar-refractivity contribution in [2.24, 2.45) is 5.73 Å². The Hall–Kier alpha value is -0.610. The van der Waals surface area contributed by atoms with E-state index in [0.717, 1.165) is 19.6 Å². The van der Waals surface area contributed by atoms with E-state index in [1.807, 2.05) is 0 Å². The van der Waals surface area contributed by atoms with Crippen LogP contribution >= 0.6 is 0 Å². The molecule has 0 aromatic carbocycles. The van der Waals surface area contributed by atoms with Gasteiger partial charge in [0.2, 0.25) is 5.91 Å². The Morgan fingerprint density at radius 2 is 1.68 bits per heavy atom. The van der Waals surface area contributed by atoms with E-state index >= 15 is 0 Å². The SMILES string of the molecule is NCCN(CC(=O)N1CCCCCC1)C1CCCC1. The van der Waals surface area contributed by atoms with Crippen LogP contribution in [0.1, 0.15) is 51.4 Å². The Morgan fingerprint density at radius 1 is 1.05 bits per heavy atom. The third kappa shape index (κ3) is 4.46. The first-order valence-electron chi connectivity index (χ1n) is 8.03. The summed E-state index contributed by atoms with van der Waals surface area (Å²) in [4.78, 5) is 16.8. The number of carbonyl (C=O) groups excluding carboxylic acids is 1. The number of rotatable bonds is 5. The van der Waals surface area contributed by atoms with E-state index in [4.69, 9.17) is 5.73 Å². The Morgan fingerprint density at radius 3 is 2.26 bits per heavy atom. The average molecular weight is 267 g/mol. The molecule has 1 heterocycles. The van der Waals surface area contributed by atoms with Crippen LogP contribution in [0.2, 0.25) is 0 Å². The van der Waals surface area contributed by atoms with Crippen molar-refractivity contribution >= 4 is 5.91 Å². The molecule has 1 aliphatic carbocycles. The topological polar surface area (TPSA) is 49.6 Å². The number of nitrogens with zero attached hydrogens (tertiary/aromatic N) is 2. The lowest BCUT2D eigenvalue weighted by Gasteiger charge is -2.30. The van der Waals surface area contributed by atoms with Crippen LogP contribution in [0.15, 0.2) is 0 Å². The number of hydrogen-bond acceptors (Lipinski definition) is 3. The molecule has 0 unspecified atom stereocenters. The Kier molecular flexibility index (Phi) is 6.11. The first-order chi connectivity index (χ1) is 9.31. The van der Waals surface area contributed by atoms with Crippen LogP contribution in [-0.2, 0) is 4.79 Å². The summed E-state index contributed by atoms with van der Waals surface area (Å²) in [6.07, 6.45) is 10.0. The van der Waals surface area contributed by atoms with Crippen LogP contribution in [0, 0.1) is 0 Å². The van der Waals surface area contributed by atoms with Gasteiger partial charge in [-0.25, -0.2) is 0 Å². The van der Waals surface area contributed by atoms with Crippen molar-refractivity contribution in [1.29, 1.82) is 0 Å². The number of carbonyl (C=O) groups is 1. The molecule has 2 N–H and O–H groups in total. The molecule has 1 saturated carbocycles. The van der Waals surface area contributed by atoms with Crippen LogP contribution in [0.5, 0.6) is 0 Å². The van der Waals surface area contributed by atoms with Crippen LogP contribution in [-0.4, -0.2) is 54.5 Å². The molecular weight excluding hydrogens is 238 g/mol. The number of likely N-dealkylation sites (tertiary alicyclic amines) is 1. The zero-order valence-corrected chi connectivity index (χ0v) is 12.1. The maximum Gasteiger partial charge on any atom is 0.236 e. The molecule has 0 radical (unpaired) electrons. The van der Waals surface area contributed by atoms with Crippen LogP contribution < -0.4 is 5.73 Å². The fourth-order valence-electron chi connectivity index (χ4n) is 3.42. The highest BCUT2D eigenvalue weighted by Gasteiger charge is 2.25. The lowest BCUT2D eigenvalue weighted by atomic mass is 10.2. The fraction of sp³-hybridized carbons (Fsp3) is 0.933. The highest BCUT2D eigenvalue weighted by molar-refractivity contribution is 5.78. The molecule has 19 heavy (non-hydrogen) atoms. The summed E-state index contributed by atoms with van der Waals surface area (Å²) in [6, 6.07) is 0.597. The number of nitrogens with two attached hydrogens (primary N) is 1. The minimum Gasteiger partial charge on any atom is -0.342 e. The van der Waals surface area contributed by atoms with Gasteiger partial charge < -0.3 is 10.6 Å². The van der Waals surface area contributed by atoms with Crippen molar-refractivity contribution in [2.45, 2.75) is 57.4 Å². The smallest absolute Gasteiger partial charge is 0.236 e. The van der Waals surface area contributed by atoms with Gasteiger partial charge in [-0.1, -0.05) is 25.7 Å². The van der Waals surface area contributed by atoms with Gasteiger partial charge in [-0.05, 0) is 25.7 Å². The van der Waals surface area contributed by atoms with E-state index in [0.29, 0.717) is 25.0 Å². The van der Waals surface area contributed by atoms with Crippen LogP contribution in [0.3, 0.4) is 0 Å². The minimum absolute atomic E-state index is 0.322. The molecule has 0 atom stereocenters. The molecule has 2 rings (SSSR count). The van der Waals surface area contributed by atoms with Gasteiger partial charge in [0.1, 0.15) is 0 Å². The first kappa shape index (κ1) is 14.8. The Labute approximate surface area is 117 Å². The highest BCUT2D eigenvalue weighted by atomic mass is 16.2. The number of hydrogen-bond donors (Lipinski definition) is 1. The molecule has 0 aromatic rings. The maximum atomic E-state index is 12.4. The lowest BCUT2D eigenvalue weighted by Crippen LogP contribution is -2.46. The maximum absolute atomic E-state index is 12.4. The van der Waals surface area contributed by atoms with Gasteiger partial charge in [0, 0.05) is 32.2 Å². The molecule has 1 saturated heterocycles. The average Bonchev–Trinajstić information content (AvgIpc) is 2.80. The van der Waals surface area contributed by atoms with E-state index in [9.17, 15) is 4.79 Å². The summed E-state index contributed by atoms with van der Waals surface area (Å²) in [6.45, 7) is 4.02. The van der Waals surface area contributed by atoms with Gasteiger partial charge in [-0.3, -0.25) is 9.69 Å². The van der Waals surface area contributed by atoms with Gasteiger partial charge in [0.05, 0.1) is 6.54 Å². The first-order valence-corrected chi connectivity index (χ1v) is 8.03. The Balaban J connectivity index is 1.85. The molecular formula is C15H29N3O. The summed E-state index contributed by atoms with van der Waals surface area (Å²) in [7, 11) is 0. The van der Waals surface area contributed by atoms with Crippen molar-refractivity contribution in [2.75, 3.05) is 32.7 Å². The monoisotopic (exact) mass is 267 g/mol. The molecule has 0 aromatic heterocycles. The second-order valence-electron chi connectivity index (χ2n) is 5.99. The summed E-state index contributed by atoms with van der Waals surface area (Å²) in [5.41, 5.74) is 5.71. The molecule has 4 heteroatoms. The molecule has 4 nitrogen and oxygen atoms in total. The van der Waals surface area contributed by atoms with Gasteiger partial charge in [0.25, 0.3) is 0 Å².